The van der Waals surface area contributed by atoms with Crippen molar-refractivity contribution >= 4 is 11.5 Å². The normalized spacial score (nSPS) is 10.6. The maximum atomic E-state index is 12.2. The molecule has 1 heterocycles. The zero-order chi connectivity index (χ0) is 13.3. The van der Waals surface area contributed by atoms with Gasteiger partial charge in [0.25, 0.3) is 0 Å². The number of nitrogens with zero attached hydrogens (tertiary/aromatic N) is 2. The van der Waals surface area contributed by atoms with Crippen LogP contribution < -0.4 is 5.73 Å². The highest BCUT2D eigenvalue weighted by atomic mass is 16.1. The predicted molar refractivity (Wildman–Crippen MR) is 71.6 cm³/mol. The van der Waals surface area contributed by atoms with Crippen LogP contribution in [0.3, 0.4) is 0 Å². The Balaban J connectivity index is 2.27. The number of aromatic nitrogens is 2. The molecule has 0 unspecified atom stereocenters. The van der Waals surface area contributed by atoms with Crippen molar-refractivity contribution in [2.75, 3.05) is 5.73 Å². The van der Waals surface area contributed by atoms with Gasteiger partial charge in [-0.3, -0.25) is 9.48 Å². The van der Waals surface area contributed by atoms with E-state index in [1.807, 2.05) is 39.1 Å². The molecular weight excluding hydrogens is 226 g/mol. The van der Waals surface area contributed by atoms with Gasteiger partial charge in [-0.1, -0.05) is 11.6 Å². The van der Waals surface area contributed by atoms with E-state index >= 15 is 0 Å². The van der Waals surface area contributed by atoms with Gasteiger partial charge >= 0.3 is 0 Å². The molecule has 1 aromatic heterocycles. The van der Waals surface area contributed by atoms with Crippen molar-refractivity contribution in [3.05, 3.63) is 46.8 Å². The SMILES string of the molecule is Cc1ccc(N)c(C(=O)Cc2cc(C)nn2C)c1. The van der Waals surface area contributed by atoms with E-state index in [4.69, 9.17) is 5.73 Å². The van der Waals surface area contributed by atoms with Crippen molar-refractivity contribution in [3.63, 3.8) is 0 Å². The average Bonchev–Trinajstić information content (AvgIpc) is 2.61. The van der Waals surface area contributed by atoms with Crippen LogP contribution in [0.1, 0.15) is 27.3 Å². The van der Waals surface area contributed by atoms with E-state index in [0.29, 0.717) is 17.7 Å². The number of anilines is 1. The van der Waals surface area contributed by atoms with Crippen molar-refractivity contribution in [2.45, 2.75) is 20.3 Å². The van der Waals surface area contributed by atoms with Crippen molar-refractivity contribution in [2.24, 2.45) is 7.05 Å². The fraction of sp³-hybridized carbons (Fsp3) is 0.286. The van der Waals surface area contributed by atoms with Crippen LogP contribution in [-0.4, -0.2) is 15.6 Å². The quantitative estimate of drug-likeness (QED) is 0.663. The number of Topliss-reactive ketones (excluding diaryl/α,β-unsaturated/α-hetero) is 1. The molecule has 0 atom stereocenters. The highest BCUT2D eigenvalue weighted by molar-refractivity contribution is 6.01. The Hall–Kier alpha value is -2.10. The van der Waals surface area contributed by atoms with Gasteiger partial charge in [-0.05, 0) is 32.0 Å². The van der Waals surface area contributed by atoms with Crippen LogP contribution in [0.2, 0.25) is 0 Å². The van der Waals surface area contributed by atoms with Gasteiger partial charge in [0.05, 0.1) is 12.1 Å². The lowest BCUT2D eigenvalue weighted by Gasteiger charge is -2.06. The summed E-state index contributed by atoms with van der Waals surface area (Å²) >= 11 is 0. The molecule has 0 spiro atoms. The number of hydrogen-bond acceptors (Lipinski definition) is 3. The molecule has 0 saturated heterocycles. The van der Waals surface area contributed by atoms with E-state index in [0.717, 1.165) is 17.0 Å². The third-order valence-corrected chi connectivity index (χ3v) is 2.95. The summed E-state index contributed by atoms with van der Waals surface area (Å²) in [6.45, 7) is 3.86. The Morgan fingerprint density at radius 3 is 2.67 bits per heavy atom. The number of aryl methyl sites for hydroxylation is 3. The highest BCUT2D eigenvalue weighted by Gasteiger charge is 2.13. The van der Waals surface area contributed by atoms with Crippen LogP contribution in [0.5, 0.6) is 0 Å². The van der Waals surface area contributed by atoms with E-state index in [9.17, 15) is 4.79 Å². The first kappa shape index (κ1) is 12.4. The zero-order valence-corrected chi connectivity index (χ0v) is 10.9. The number of hydrogen-bond donors (Lipinski definition) is 1. The number of carbonyl (C=O) groups excluding carboxylic acids is 1. The number of benzene rings is 1. The van der Waals surface area contributed by atoms with Crippen molar-refractivity contribution < 1.29 is 4.79 Å². The van der Waals surface area contributed by atoms with E-state index in [1.165, 1.54) is 0 Å². The number of carbonyl (C=O) groups is 1. The molecule has 0 bridgehead atoms. The second kappa shape index (κ2) is 4.64. The lowest BCUT2D eigenvalue weighted by Crippen LogP contribution is -2.10. The van der Waals surface area contributed by atoms with Gasteiger partial charge in [0.2, 0.25) is 0 Å². The van der Waals surface area contributed by atoms with Crippen LogP contribution >= 0.6 is 0 Å². The third kappa shape index (κ3) is 2.42. The van der Waals surface area contributed by atoms with Gasteiger partial charge in [-0.15, -0.1) is 0 Å². The van der Waals surface area contributed by atoms with Crippen molar-refractivity contribution in [3.8, 4) is 0 Å². The third-order valence-electron chi connectivity index (χ3n) is 2.95. The molecule has 4 heteroatoms. The molecule has 0 aliphatic rings. The Labute approximate surface area is 106 Å². The fourth-order valence-electron chi connectivity index (χ4n) is 2.00. The van der Waals surface area contributed by atoms with Gasteiger partial charge in [-0.2, -0.15) is 5.10 Å². The first-order valence-corrected chi connectivity index (χ1v) is 5.86. The Morgan fingerprint density at radius 2 is 2.06 bits per heavy atom. The Kier molecular flexibility index (Phi) is 3.19. The molecule has 4 nitrogen and oxygen atoms in total. The van der Waals surface area contributed by atoms with E-state index in [-0.39, 0.29) is 5.78 Å². The zero-order valence-electron chi connectivity index (χ0n) is 10.9. The summed E-state index contributed by atoms with van der Waals surface area (Å²) < 4.78 is 1.74. The summed E-state index contributed by atoms with van der Waals surface area (Å²) in [5.41, 5.74) is 9.82. The van der Waals surface area contributed by atoms with E-state index < -0.39 is 0 Å². The standard InChI is InChI=1S/C14H17N3O/c1-9-4-5-13(15)12(6-9)14(18)8-11-7-10(2)16-17(11)3/h4-7H,8,15H2,1-3H3. The molecule has 0 aliphatic carbocycles. The molecular formula is C14H17N3O. The summed E-state index contributed by atoms with van der Waals surface area (Å²) in [7, 11) is 1.84. The molecule has 0 saturated carbocycles. The van der Waals surface area contributed by atoms with Gasteiger partial charge in [-0.25, -0.2) is 0 Å². The minimum atomic E-state index is 0.0270. The Bertz CT molecular complexity index is 599. The van der Waals surface area contributed by atoms with Crippen molar-refractivity contribution in [1.82, 2.24) is 9.78 Å². The summed E-state index contributed by atoms with van der Waals surface area (Å²) in [4.78, 5) is 12.2. The minimum Gasteiger partial charge on any atom is -0.398 e. The highest BCUT2D eigenvalue weighted by Crippen LogP contribution is 2.16. The minimum absolute atomic E-state index is 0.0270. The Morgan fingerprint density at radius 1 is 1.33 bits per heavy atom. The topological polar surface area (TPSA) is 60.9 Å². The number of nitrogen functional groups attached to an aromatic ring is 1. The molecule has 18 heavy (non-hydrogen) atoms. The summed E-state index contributed by atoms with van der Waals surface area (Å²) in [5, 5.41) is 4.23. The van der Waals surface area contributed by atoms with Crippen LogP contribution in [0.15, 0.2) is 24.3 Å². The summed E-state index contributed by atoms with van der Waals surface area (Å²) in [6, 6.07) is 7.43. The number of rotatable bonds is 3. The summed E-state index contributed by atoms with van der Waals surface area (Å²) in [6.07, 6.45) is 0.324. The molecule has 2 aromatic rings. The molecule has 0 amide bonds. The average molecular weight is 243 g/mol. The van der Waals surface area contributed by atoms with Crippen LogP contribution in [-0.2, 0) is 13.5 Å². The second-order valence-electron chi connectivity index (χ2n) is 4.59. The maximum Gasteiger partial charge on any atom is 0.170 e. The lowest BCUT2D eigenvalue weighted by molar-refractivity contribution is 0.0991. The van der Waals surface area contributed by atoms with Crippen molar-refractivity contribution in [1.29, 1.82) is 0 Å². The summed E-state index contributed by atoms with van der Waals surface area (Å²) in [5.74, 6) is 0.0270. The second-order valence-corrected chi connectivity index (χ2v) is 4.59. The smallest absolute Gasteiger partial charge is 0.170 e. The predicted octanol–water partition coefficient (Wildman–Crippen LogP) is 2.04. The monoisotopic (exact) mass is 243 g/mol. The molecule has 2 N–H and O–H groups in total. The molecule has 0 aliphatic heterocycles. The molecule has 0 radical (unpaired) electrons. The van der Waals surface area contributed by atoms with Gasteiger partial charge in [0.1, 0.15) is 0 Å². The fourth-order valence-corrected chi connectivity index (χ4v) is 2.00. The van der Waals surface area contributed by atoms with Gasteiger partial charge < -0.3 is 5.73 Å². The van der Waals surface area contributed by atoms with E-state index in [1.54, 1.807) is 10.7 Å². The van der Waals surface area contributed by atoms with E-state index in [2.05, 4.69) is 5.10 Å². The first-order chi connectivity index (χ1) is 8.47. The maximum absolute atomic E-state index is 12.2. The molecule has 94 valence electrons. The van der Waals surface area contributed by atoms with Gasteiger partial charge in [0.15, 0.2) is 5.78 Å². The number of ketones is 1. The lowest BCUT2D eigenvalue weighted by atomic mass is 10.0. The van der Waals surface area contributed by atoms with Crippen LogP contribution in [0, 0.1) is 13.8 Å². The van der Waals surface area contributed by atoms with Gasteiger partial charge in [0, 0.05) is 24.0 Å². The van der Waals surface area contributed by atoms with Crippen LogP contribution in [0.4, 0.5) is 5.69 Å². The first-order valence-electron chi connectivity index (χ1n) is 5.86. The molecule has 2 rings (SSSR count). The molecule has 1 aromatic carbocycles. The van der Waals surface area contributed by atoms with Crippen LogP contribution in [0.25, 0.3) is 0 Å². The largest absolute Gasteiger partial charge is 0.398 e. The number of nitrogens with two attached hydrogens (primary N) is 1. The molecule has 0 fully saturated rings.